The van der Waals surface area contributed by atoms with E-state index in [4.69, 9.17) is 9.98 Å². The fraction of sp³-hybridized carbons (Fsp3) is 0.407. The predicted molar refractivity (Wildman–Crippen MR) is 132 cm³/mol. The summed E-state index contributed by atoms with van der Waals surface area (Å²) < 4.78 is 28.2. The second-order valence-electron chi connectivity index (χ2n) is 10.1. The largest absolute Gasteiger partial charge is 0.331 e. The van der Waals surface area contributed by atoms with E-state index in [1.807, 2.05) is 25.1 Å². The van der Waals surface area contributed by atoms with Gasteiger partial charge >= 0.3 is 0 Å². The number of allylic oxidation sites excluding steroid dienone is 1. The molecular formula is C27H29F2N5O. The fourth-order valence-corrected chi connectivity index (χ4v) is 5.35. The SMILES string of the molecule is CCN1C(=O)C2=NC(c3cccnc3)=CC(Cc3ccc(F)cc3F)C(C)C2N2CC(C)(C)N=C12. The summed E-state index contributed by atoms with van der Waals surface area (Å²) in [5.41, 5.74) is 1.98. The van der Waals surface area contributed by atoms with Crippen molar-refractivity contribution in [3.63, 3.8) is 0 Å². The van der Waals surface area contributed by atoms with Crippen LogP contribution in [0.4, 0.5) is 8.78 Å². The van der Waals surface area contributed by atoms with Crippen molar-refractivity contribution in [3.05, 3.63) is 71.6 Å². The van der Waals surface area contributed by atoms with Crippen LogP contribution in [0, 0.1) is 23.5 Å². The molecule has 1 fully saturated rings. The first-order valence-electron chi connectivity index (χ1n) is 12.0. The molecule has 182 valence electrons. The number of rotatable bonds is 4. The van der Waals surface area contributed by atoms with Gasteiger partial charge in [0.05, 0.1) is 17.3 Å². The van der Waals surface area contributed by atoms with Gasteiger partial charge in [0.25, 0.3) is 5.91 Å². The topological polar surface area (TPSA) is 61.2 Å². The molecule has 1 aromatic carbocycles. The van der Waals surface area contributed by atoms with E-state index in [-0.39, 0.29) is 29.3 Å². The van der Waals surface area contributed by atoms with Crippen LogP contribution in [0.15, 0.2) is 58.8 Å². The van der Waals surface area contributed by atoms with Gasteiger partial charge in [0.15, 0.2) is 0 Å². The van der Waals surface area contributed by atoms with Crippen LogP contribution in [0.5, 0.6) is 0 Å². The number of benzene rings is 1. The van der Waals surface area contributed by atoms with Crippen molar-refractivity contribution in [3.8, 4) is 0 Å². The minimum atomic E-state index is -0.602. The molecule has 1 aromatic heterocycles. The molecule has 35 heavy (non-hydrogen) atoms. The van der Waals surface area contributed by atoms with E-state index in [9.17, 15) is 13.6 Å². The van der Waals surface area contributed by atoms with Gasteiger partial charge in [-0.05, 0) is 62.8 Å². The Bertz CT molecular complexity index is 1250. The predicted octanol–water partition coefficient (Wildman–Crippen LogP) is 4.33. The number of amides is 1. The molecule has 3 aliphatic heterocycles. The first-order chi connectivity index (χ1) is 16.7. The monoisotopic (exact) mass is 477 g/mol. The third-order valence-corrected chi connectivity index (χ3v) is 7.07. The van der Waals surface area contributed by atoms with Crippen molar-refractivity contribution >= 4 is 23.3 Å². The van der Waals surface area contributed by atoms with E-state index in [1.165, 1.54) is 12.1 Å². The van der Waals surface area contributed by atoms with Gasteiger partial charge in [0.1, 0.15) is 17.3 Å². The minimum Gasteiger partial charge on any atom is -0.331 e. The van der Waals surface area contributed by atoms with Gasteiger partial charge < -0.3 is 4.90 Å². The number of carbonyl (C=O) groups excluding carboxylic acids is 1. The summed E-state index contributed by atoms with van der Waals surface area (Å²) in [5, 5.41) is 0. The summed E-state index contributed by atoms with van der Waals surface area (Å²) in [4.78, 5) is 31.6. The standard InChI is InChI=1S/C27H29F2N5O/c1-5-33-25(35)23-24(34-15-27(3,4)32-26(33)34)16(2)19(11-17-8-9-20(28)13-21(17)29)12-22(31-23)18-7-6-10-30-14-18/h6-10,12-14,16,19,24H,5,11,15H2,1-4H3. The molecule has 1 saturated heterocycles. The summed E-state index contributed by atoms with van der Waals surface area (Å²) in [5.74, 6) is -0.900. The molecule has 2 aromatic rings. The maximum absolute atomic E-state index is 14.7. The van der Waals surface area contributed by atoms with Crippen LogP contribution in [0.25, 0.3) is 5.70 Å². The highest BCUT2D eigenvalue weighted by Gasteiger charge is 2.51. The number of halogens is 2. The minimum absolute atomic E-state index is 0.0885. The Labute approximate surface area is 204 Å². The lowest BCUT2D eigenvalue weighted by atomic mass is 9.79. The smallest absolute Gasteiger partial charge is 0.277 e. The Morgan fingerprint density at radius 1 is 1.20 bits per heavy atom. The molecule has 3 atom stereocenters. The quantitative estimate of drug-likeness (QED) is 0.659. The molecule has 4 heterocycles. The first kappa shape index (κ1) is 23.3. The second kappa shape index (κ2) is 8.66. The number of nitrogens with zero attached hydrogens (tertiary/aromatic N) is 5. The number of aromatic nitrogens is 1. The van der Waals surface area contributed by atoms with Crippen molar-refractivity contribution in [2.24, 2.45) is 21.8 Å². The van der Waals surface area contributed by atoms with E-state index in [0.29, 0.717) is 42.4 Å². The number of pyridine rings is 1. The van der Waals surface area contributed by atoms with E-state index in [0.717, 1.165) is 11.6 Å². The zero-order valence-corrected chi connectivity index (χ0v) is 20.4. The normalized spacial score (nSPS) is 25.4. The summed E-state index contributed by atoms with van der Waals surface area (Å²) in [7, 11) is 0. The molecule has 3 aliphatic rings. The van der Waals surface area contributed by atoms with Gasteiger partial charge in [-0.3, -0.25) is 14.7 Å². The number of carbonyl (C=O) groups is 1. The first-order valence-corrected chi connectivity index (χ1v) is 12.0. The number of hydrogen-bond acceptors (Lipinski definition) is 5. The summed E-state index contributed by atoms with van der Waals surface area (Å²) in [6.45, 7) is 9.26. The van der Waals surface area contributed by atoms with Crippen molar-refractivity contribution in [1.29, 1.82) is 0 Å². The average molecular weight is 478 g/mol. The van der Waals surface area contributed by atoms with Crippen LogP contribution >= 0.6 is 0 Å². The summed E-state index contributed by atoms with van der Waals surface area (Å²) in [6, 6.07) is 7.11. The fourth-order valence-electron chi connectivity index (χ4n) is 5.35. The molecule has 3 unspecified atom stereocenters. The number of fused-ring (bicyclic) bond motifs is 3. The Morgan fingerprint density at radius 2 is 2.00 bits per heavy atom. The Kier molecular flexibility index (Phi) is 5.77. The van der Waals surface area contributed by atoms with Gasteiger partial charge in [-0.15, -0.1) is 0 Å². The number of hydrogen-bond donors (Lipinski definition) is 0. The lowest BCUT2D eigenvalue weighted by Gasteiger charge is -2.44. The van der Waals surface area contributed by atoms with Gasteiger partial charge in [0, 0.05) is 37.1 Å². The maximum atomic E-state index is 14.7. The average Bonchev–Trinajstić information content (AvgIpc) is 3.05. The van der Waals surface area contributed by atoms with E-state index in [2.05, 4.69) is 30.7 Å². The maximum Gasteiger partial charge on any atom is 0.277 e. The molecular weight excluding hydrogens is 448 g/mol. The van der Waals surface area contributed by atoms with Crippen LogP contribution in [0.2, 0.25) is 0 Å². The van der Waals surface area contributed by atoms with Crippen molar-refractivity contribution in [2.75, 3.05) is 13.1 Å². The molecule has 5 rings (SSSR count). The van der Waals surface area contributed by atoms with E-state index < -0.39 is 11.6 Å². The van der Waals surface area contributed by atoms with Crippen LogP contribution in [-0.2, 0) is 11.2 Å². The van der Waals surface area contributed by atoms with Crippen molar-refractivity contribution in [2.45, 2.75) is 45.7 Å². The van der Waals surface area contributed by atoms with Crippen LogP contribution in [0.1, 0.15) is 38.8 Å². The third-order valence-electron chi connectivity index (χ3n) is 7.07. The van der Waals surface area contributed by atoms with E-state index >= 15 is 0 Å². The highest BCUT2D eigenvalue weighted by atomic mass is 19.1. The highest BCUT2D eigenvalue weighted by Crippen LogP contribution is 2.38. The Hall–Kier alpha value is -3.42. The molecule has 0 N–H and O–H groups in total. The molecule has 0 radical (unpaired) electrons. The van der Waals surface area contributed by atoms with E-state index in [1.54, 1.807) is 17.3 Å². The Balaban J connectivity index is 1.64. The number of guanidine groups is 1. The van der Waals surface area contributed by atoms with Gasteiger partial charge in [-0.25, -0.2) is 18.8 Å². The van der Waals surface area contributed by atoms with Gasteiger partial charge in [0.2, 0.25) is 5.96 Å². The summed E-state index contributed by atoms with van der Waals surface area (Å²) >= 11 is 0. The number of aliphatic imine (C=N–C) groups is 2. The molecule has 6 nitrogen and oxygen atoms in total. The lowest BCUT2D eigenvalue weighted by molar-refractivity contribution is -0.122. The molecule has 8 heteroatoms. The van der Waals surface area contributed by atoms with Crippen molar-refractivity contribution in [1.82, 2.24) is 14.8 Å². The lowest BCUT2D eigenvalue weighted by Crippen LogP contribution is -2.64. The van der Waals surface area contributed by atoms with Crippen LogP contribution < -0.4 is 0 Å². The molecule has 0 aliphatic carbocycles. The van der Waals surface area contributed by atoms with Crippen LogP contribution in [0.3, 0.4) is 0 Å². The highest BCUT2D eigenvalue weighted by molar-refractivity contribution is 6.46. The summed E-state index contributed by atoms with van der Waals surface area (Å²) in [6.07, 6.45) is 5.76. The zero-order chi connectivity index (χ0) is 24.9. The second-order valence-corrected chi connectivity index (χ2v) is 10.1. The zero-order valence-electron chi connectivity index (χ0n) is 20.4. The molecule has 0 spiro atoms. The van der Waals surface area contributed by atoms with Gasteiger partial charge in [-0.1, -0.05) is 19.1 Å². The van der Waals surface area contributed by atoms with Crippen LogP contribution in [-0.4, -0.2) is 57.0 Å². The Morgan fingerprint density at radius 3 is 2.69 bits per heavy atom. The van der Waals surface area contributed by atoms with Gasteiger partial charge in [-0.2, -0.15) is 0 Å². The molecule has 0 bridgehead atoms. The third kappa shape index (κ3) is 4.15. The molecule has 0 saturated carbocycles. The molecule has 1 amide bonds. The van der Waals surface area contributed by atoms with Crippen molar-refractivity contribution < 1.29 is 13.6 Å².